The van der Waals surface area contributed by atoms with Gasteiger partial charge in [-0.1, -0.05) is 24.4 Å². The third kappa shape index (κ3) is 2.66. The van der Waals surface area contributed by atoms with Gasteiger partial charge in [0.05, 0.1) is 17.8 Å². The van der Waals surface area contributed by atoms with Gasteiger partial charge in [0.15, 0.2) is 0 Å². The van der Waals surface area contributed by atoms with Gasteiger partial charge in [0, 0.05) is 5.02 Å². The average molecular weight is 244 g/mol. The van der Waals surface area contributed by atoms with E-state index in [1.807, 2.05) is 0 Å². The van der Waals surface area contributed by atoms with Gasteiger partial charge in [-0.25, -0.2) is 4.39 Å². The summed E-state index contributed by atoms with van der Waals surface area (Å²) in [6.45, 7) is 0. The topological polar surface area (TPSA) is 32.3 Å². The zero-order valence-electron chi connectivity index (χ0n) is 8.92. The van der Waals surface area contributed by atoms with Crippen LogP contribution in [0.1, 0.15) is 25.7 Å². The molecular formula is C12H15ClFNO. The molecule has 1 aromatic rings. The lowest BCUT2D eigenvalue weighted by Gasteiger charge is -2.29. The third-order valence-corrected chi connectivity index (χ3v) is 3.24. The van der Waals surface area contributed by atoms with Gasteiger partial charge in [0.1, 0.15) is 5.82 Å². The molecule has 2 N–H and O–H groups in total. The number of hydrogen-bond acceptors (Lipinski definition) is 2. The van der Waals surface area contributed by atoms with E-state index in [1.54, 1.807) is 12.1 Å². The molecule has 1 fully saturated rings. The molecule has 16 heavy (non-hydrogen) atoms. The van der Waals surface area contributed by atoms with Crippen LogP contribution < -0.4 is 5.32 Å². The van der Waals surface area contributed by atoms with E-state index in [0.29, 0.717) is 10.7 Å². The van der Waals surface area contributed by atoms with Gasteiger partial charge in [-0.15, -0.1) is 0 Å². The van der Waals surface area contributed by atoms with Crippen LogP contribution in [0, 0.1) is 5.82 Å². The molecule has 0 radical (unpaired) electrons. The summed E-state index contributed by atoms with van der Waals surface area (Å²) in [4.78, 5) is 0. The molecule has 0 heterocycles. The molecule has 0 aliphatic heterocycles. The number of aliphatic hydroxyl groups is 1. The van der Waals surface area contributed by atoms with Crippen LogP contribution in [0.4, 0.5) is 10.1 Å². The first-order chi connectivity index (χ1) is 7.66. The average Bonchev–Trinajstić information content (AvgIpc) is 2.25. The number of hydrogen-bond donors (Lipinski definition) is 2. The van der Waals surface area contributed by atoms with E-state index in [1.165, 1.54) is 6.07 Å². The lowest BCUT2D eigenvalue weighted by Crippen LogP contribution is -2.36. The van der Waals surface area contributed by atoms with Gasteiger partial charge in [-0.3, -0.25) is 0 Å². The van der Waals surface area contributed by atoms with Crippen LogP contribution >= 0.6 is 11.6 Å². The number of aliphatic hydroxyl groups excluding tert-OH is 1. The Morgan fingerprint density at radius 2 is 2.06 bits per heavy atom. The quantitative estimate of drug-likeness (QED) is 0.836. The zero-order chi connectivity index (χ0) is 11.5. The molecule has 0 saturated heterocycles. The molecule has 0 spiro atoms. The molecule has 0 unspecified atom stereocenters. The van der Waals surface area contributed by atoms with Crippen LogP contribution in [-0.4, -0.2) is 17.3 Å². The minimum absolute atomic E-state index is 0.0515. The predicted molar refractivity (Wildman–Crippen MR) is 63.3 cm³/mol. The van der Waals surface area contributed by atoms with Crippen molar-refractivity contribution in [2.45, 2.75) is 37.8 Å². The highest BCUT2D eigenvalue weighted by atomic mass is 35.5. The molecule has 0 amide bonds. The first-order valence-electron chi connectivity index (χ1n) is 5.56. The number of anilines is 1. The standard InChI is InChI=1S/C12H15ClFNO/c13-8-5-6-10(9(14)7-8)15-11-3-1-2-4-12(11)16/h5-7,11-12,15-16H,1-4H2/t11-,12-/m0/s1. The Labute approximate surface area is 99.4 Å². The molecule has 2 atom stereocenters. The lowest BCUT2D eigenvalue weighted by molar-refractivity contribution is 0.116. The monoisotopic (exact) mass is 243 g/mol. The fraction of sp³-hybridized carbons (Fsp3) is 0.500. The minimum atomic E-state index is -0.385. The molecule has 2 nitrogen and oxygen atoms in total. The fourth-order valence-corrected chi connectivity index (χ4v) is 2.24. The van der Waals surface area contributed by atoms with Gasteiger partial charge in [0.25, 0.3) is 0 Å². The van der Waals surface area contributed by atoms with Crippen molar-refractivity contribution in [3.8, 4) is 0 Å². The smallest absolute Gasteiger partial charge is 0.147 e. The fourth-order valence-electron chi connectivity index (χ4n) is 2.09. The summed E-state index contributed by atoms with van der Waals surface area (Å²) in [5.74, 6) is -0.370. The second kappa shape index (κ2) is 5.02. The Kier molecular flexibility index (Phi) is 3.66. The molecule has 1 aliphatic rings. The summed E-state index contributed by atoms with van der Waals surface area (Å²) in [6.07, 6.45) is 3.39. The van der Waals surface area contributed by atoms with Crippen molar-refractivity contribution in [1.82, 2.24) is 0 Å². The molecule has 1 aliphatic carbocycles. The van der Waals surface area contributed by atoms with E-state index in [2.05, 4.69) is 5.32 Å². The summed E-state index contributed by atoms with van der Waals surface area (Å²) in [5, 5.41) is 13.2. The van der Waals surface area contributed by atoms with Crippen molar-refractivity contribution in [2.75, 3.05) is 5.32 Å². The second-order valence-electron chi connectivity index (χ2n) is 4.23. The highest BCUT2D eigenvalue weighted by molar-refractivity contribution is 6.30. The Morgan fingerprint density at radius 1 is 1.31 bits per heavy atom. The minimum Gasteiger partial charge on any atom is -0.391 e. The summed E-state index contributed by atoms with van der Waals surface area (Å²) >= 11 is 5.67. The van der Waals surface area contributed by atoms with Gasteiger partial charge in [0.2, 0.25) is 0 Å². The van der Waals surface area contributed by atoms with Gasteiger partial charge in [-0.2, -0.15) is 0 Å². The highest BCUT2D eigenvalue weighted by Crippen LogP contribution is 2.25. The maximum atomic E-state index is 13.5. The van der Waals surface area contributed by atoms with E-state index in [4.69, 9.17) is 11.6 Å². The third-order valence-electron chi connectivity index (χ3n) is 3.00. The summed E-state index contributed by atoms with van der Waals surface area (Å²) < 4.78 is 13.5. The maximum absolute atomic E-state index is 13.5. The van der Waals surface area contributed by atoms with Crippen LogP contribution in [0.2, 0.25) is 5.02 Å². The van der Waals surface area contributed by atoms with Gasteiger partial charge < -0.3 is 10.4 Å². The first-order valence-corrected chi connectivity index (χ1v) is 5.94. The number of rotatable bonds is 2. The normalized spacial score (nSPS) is 25.4. The molecule has 1 aromatic carbocycles. The van der Waals surface area contributed by atoms with Crippen LogP contribution in [0.3, 0.4) is 0 Å². The molecule has 1 saturated carbocycles. The van der Waals surface area contributed by atoms with Crippen LogP contribution in [-0.2, 0) is 0 Å². The number of benzene rings is 1. The van der Waals surface area contributed by atoms with Crippen LogP contribution in [0.5, 0.6) is 0 Å². The largest absolute Gasteiger partial charge is 0.391 e. The Balaban J connectivity index is 2.07. The molecule has 2 rings (SSSR count). The van der Waals surface area contributed by atoms with Crippen LogP contribution in [0.25, 0.3) is 0 Å². The highest BCUT2D eigenvalue weighted by Gasteiger charge is 2.23. The lowest BCUT2D eigenvalue weighted by atomic mass is 9.92. The molecule has 0 aromatic heterocycles. The molecular weight excluding hydrogens is 229 g/mol. The van der Waals surface area contributed by atoms with E-state index < -0.39 is 0 Å². The Morgan fingerprint density at radius 3 is 2.75 bits per heavy atom. The van der Waals surface area contributed by atoms with Gasteiger partial charge in [-0.05, 0) is 31.0 Å². The number of halogens is 2. The van der Waals surface area contributed by atoms with Crippen molar-refractivity contribution in [2.24, 2.45) is 0 Å². The van der Waals surface area contributed by atoms with E-state index >= 15 is 0 Å². The number of nitrogens with one attached hydrogen (secondary N) is 1. The summed E-state index contributed by atoms with van der Waals surface area (Å²) in [6, 6.07) is 4.48. The Bertz CT molecular complexity index is 372. The van der Waals surface area contributed by atoms with E-state index in [9.17, 15) is 9.50 Å². The SMILES string of the molecule is O[C@H]1CCCC[C@@H]1Nc1ccc(Cl)cc1F. The maximum Gasteiger partial charge on any atom is 0.147 e. The summed E-state index contributed by atoms with van der Waals surface area (Å²) in [5.41, 5.74) is 0.412. The van der Waals surface area contributed by atoms with Crippen molar-refractivity contribution in [1.29, 1.82) is 0 Å². The van der Waals surface area contributed by atoms with Crippen molar-refractivity contribution in [3.63, 3.8) is 0 Å². The molecule has 0 bridgehead atoms. The van der Waals surface area contributed by atoms with E-state index in [0.717, 1.165) is 25.7 Å². The van der Waals surface area contributed by atoms with Crippen LogP contribution in [0.15, 0.2) is 18.2 Å². The zero-order valence-corrected chi connectivity index (χ0v) is 9.67. The van der Waals surface area contributed by atoms with E-state index in [-0.39, 0.29) is 18.0 Å². The Hall–Kier alpha value is -0.800. The van der Waals surface area contributed by atoms with Crippen molar-refractivity contribution in [3.05, 3.63) is 29.0 Å². The first kappa shape index (κ1) is 11.7. The second-order valence-corrected chi connectivity index (χ2v) is 4.66. The van der Waals surface area contributed by atoms with Crippen molar-refractivity contribution < 1.29 is 9.50 Å². The molecule has 4 heteroatoms. The van der Waals surface area contributed by atoms with Crippen molar-refractivity contribution >= 4 is 17.3 Å². The van der Waals surface area contributed by atoms with Gasteiger partial charge >= 0.3 is 0 Å². The predicted octanol–water partition coefficient (Wildman–Crippen LogP) is 3.19. The molecule has 88 valence electrons. The summed E-state index contributed by atoms with van der Waals surface area (Å²) in [7, 11) is 0.